The van der Waals surface area contributed by atoms with Gasteiger partial charge in [-0.25, -0.2) is 4.39 Å². The summed E-state index contributed by atoms with van der Waals surface area (Å²) < 4.78 is 70.1. The Bertz CT molecular complexity index is 907. The van der Waals surface area contributed by atoms with Gasteiger partial charge in [0.25, 0.3) is 5.91 Å². The summed E-state index contributed by atoms with van der Waals surface area (Å²) in [5, 5.41) is 10.7. The van der Waals surface area contributed by atoms with Crippen molar-refractivity contribution in [1.29, 1.82) is 0 Å². The molecule has 1 saturated carbocycles. The first kappa shape index (κ1) is 22.5. The molecule has 32 heavy (non-hydrogen) atoms. The zero-order chi connectivity index (χ0) is 22.7. The van der Waals surface area contributed by atoms with E-state index < -0.39 is 24.4 Å². The molecule has 0 radical (unpaired) electrons. The summed E-state index contributed by atoms with van der Waals surface area (Å²) in [6.07, 6.45) is -4.52. The number of carbonyl (C=O) groups is 1. The zero-order valence-electron chi connectivity index (χ0n) is 16.8. The van der Waals surface area contributed by atoms with Gasteiger partial charge in [0, 0.05) is 5.92 Å². The van der Waals surface area contributed by atoms with Crippen molar-refractivity contribution in [1.82, 2.24) is 15.5 Å². The van der Waals surface area contributed by atoms with Crippen LogP contribution in [-0.4, -0.2) is 47.8 Å². The van der Waals surface area contributed by atoms with Crippen molar-refractivity contribution in [3.63, 3.8) is 0 Å². The maximum atomic E-state index is 12.9. The Morgan fingerprint density at radius 1 is 1.12 bits per heavy atom. The average molecular weight is 459 g/mol. The summed E-state index contributed by atoms with van der Waals surface area (Å²) in [6, 6.07) is 5.13. The highest BCUT2D eigenvalue weighted by atomic mass is 19.4. The fraction of sp³-hybridized carbons (Fsp3) is 0.550. The van der Waals surface area contributed by atoms with Gasteiger partial charge < -0.3 is 19.2 Å². The van der Waals surface area contributed by atoms with Crippen LogP contribution >= 0.6 is 0 Å². The summed E-state index contributed by atoms with van der Waals surface area (Å²) >= 11 is 0. The molecule has 1 aromatic heterocycles. The molecule has 0 unspecified atom stereocenters. The molecule has 2 atom stereocenters. The summed E-state index contributed by atoms with van der Waals surface area (Å²) in [7, 11) is 0. The molecule has 0 bridgehead atoms. The molecular weight excluding hydrogens is 438 g/mol. The number of hydrogen-bond donors (Lipinski definition) is 1. The van der Waals surface area contributed by atoms with E-state index in [9.17, 15) is 22.4 Å². The molecule has 1 aliphatic heterocycles. The Kier molecular flexibility index (Phi) is 6.60. The van der Waals surface area contributed by atoms with Crippen molar-refractivity contribution >= 4 is 5.91 Å². The minimum absolute atomic E-state index is 0.167. The highest BCUT2D eigenvalue weighted by Gasteiger charge is 2.42. The molecule has 4 rings (SSSR count). The Hall–Kier alpha value is -2.73. The highest BCUT2D eigenvalue weighted by Crippen LogP contribution is 2.41. The number of rotatable bonds is 7. The monoisotopic (exact) mass is 459 g/mol. The van der Waals surface area contributed by atoms with Gasteiger partial charge in [0.05, 0.1) is 18.8 Å². The van der Waals surface area contributed by atoms with E-state index in [0.29, 0.717) is 18.6 Å². The van der Waals surface area contributed by atoms with Crippen molar-refractivity contribution in [2.45, 2.75) is 56.2 Å². The number of aromatic nitrogens is 2. The summed E-state index contributed by atoms with van der Waals surface area (Å²) in [4.78, 5) is 12.0. The lowest BCUT2D eigenvalue weighted by atomic mass is 9.82. The first-order valence-electron chi connectivity index (χ1n) is 10.1. The largest absolute Gasteiger partial charge is 0.522 e. The molecule has 2 fully saturated rings. The van der Waals surface area contributed by atoms with Crippen molar-refractivity contribution < 1.29 is 41.0 Å². The van der Waals surface area contributed by atoms with E-state index in [-0.39, 0.29) is 55.7 Å². The van der Waals surface area contributed by atoms with Crippen LogP contribution in [0.2, 0.25) is 0 Å². The fourth-order valence-electron chi connectivity index (χ4n) is 3.60. The smallest absolute Gasteiger partial charge is 0.484 e. The van der Waals surface area contributed by atoms with Crippen molar-refractivity contribution in [2.75, 3.05) is 13.2 Å². The Balaban J connectivity index is 1.17. The molecule has 1 aromatic carbocycles. The van der Waals surface area contributed by atoms with E-state index in [1.54, 1.807) is 0 Å². The number of benzene rings is 1. The topological polar surface area (TPSA) is 95.7 Å². The van der Waals surface area contributed by atoms with Crippen LogP contribution in [0.1, 0.15) is 49.5 Å². The van der Waals surface area contributed by atoms with Gasteiger partial charge in [-0.05, 0) is 49.9 Å². The van der Waals surface area contributed by atoms with E-state index in [1.165, 1.54) is 24.3 Å². The van der Waals surface area contributed by atoms with E-state index in [1.807, 2.05) is 0 Å². The SMILES string of the molecule is O=C(COc1ccc(F)cc1)N[C@@H]1CC[C@@H](c2nnc([C@H]3C[C@@H](OC(F)(F)F)C3)o2)OC1. The van der Waals surface area contributed by atoms with Crippen molar-refractivity contribution in [2.24, 2.45) is 0 Å². The lowest BCUT2D eigenvalue weighted by molar-refractivity contribution is -0.352. The summed E-state index contributed by atoms with van der Waals surface area (Å²) in [5.41, 5.74) is 0. The molecular formula is C20H21F4N3O5. The van der Waals surface area contributed by atoms with E-state index in [2.05, 4.69) is 20.3 Å². The molecule has 12 heteroatoms. The fourth-order valence-corrected chi connectivity index (χ4v) is 3.60. The predicted octanol–water partition coefficient (Wildman–Crippen LogP) is 3.41. The second-order valence-electron chi connectivity index (χ2n) is 7.74. The van der Waals surface area contributed by atoms with Gasteiger partial charge in [-0.1, -0.05) is 0 Å². The number of halogens is 4. The molecule has 2 aliphatic rings. The lowest BCUT2D eigenvalue weighted by Gasteiger charge is -2.33. The minimum atomic E-state index is -4.65. The quantitative estimate of drug-likeness (QED) is 0.634. The number of amides is 1. The van der Waals surface area contributed by atoms with Crippen LogP contribution in [0.4, 0.5) is 17.6 Å². The number of nitrogens with zero attached hydrogens (tertiary/aromatic N) is 2. The Morgan fingerprint density at radius 2 is 1.84 bits per heavy atom. The van der Waals surface area contributed by atoms with E-state index in [4.69, 9.17) is 13.9 Å². The molecule has 1 aliphatic carbocycles. The van der Waals surface area contributed by atoms with Crippen LogP contribution in [0.3, 0.4) is 0 Å². The van der Waals surface area contributed by atoms with E-state index in [0.717, 1.165) is 0 Å². The van der Waals surface area contributed by atoms with Crippen LogP contribution in [0, 0.1) is 5.82 Å². The second kappa shape index (κ2) is 9.41. The first-order chi connectivity index (χ1) is 15.2. The van der Waals surface area contributed by atoms with Gasteiger partial charge in [-0.2, -0.15) is 0 Å². The molecule has 1 saturated heterocycles. The van der Waals surface area contributed by atoms with Gasteiger partial charge in [0.2, 0.25) is 11.8 Å². The van der Waals surface area contributed by atoms with Crippen molar-refractivity contribution in [3.8, 4) is 5.75 Å². The molecule has 0 spiro atoms. The standard InChI is InChI=1S/C20H21F4N3O5/c21-12-1-4-14(5-2-12)29-10-17(28)25-13-3-6-16(30-9-13)19-27-26-18(31-19)11-7-15(8-11)32-20(22,23)24/h1-2,4-5,11,13,15-16H,3,6-10H2,(H,25,28)/t11-,13-,15+,16+/m1/s1. The number of nitrogens with one attached hydrogen (secondary N) is 1. The van der Waals surface area contributed by atoms with Crippen LogP contribution in [0.5, 0.6) is 5.75 Å². The molecule has 1 amide bonds. The van der Waals surface area contributed by atoms with Gasteiger partial charge in [-0.3, -0.25) is 9.53 Å². The number of alkyl halides is 3. The number of ether oxygens (including phenoxy) is 3. The second-order valence-corrected chi connectivity index (χ2v) is 7.74. The lowest BCUT2D eigenvalue weighted by Crippen LogP contribution is -2.43. The van der Waals surface area contributed by atoms with Gasteiger partial charge in [0.1, 0.15) is 17.7 Å². The average Bonchev–Trinajstić information content (AvgIpc) is 3.19. The van der Waals surface area contributed by atoms with Crippen LogP contribution in [-0.2, 0) is 14.3 Å². The van der Waals surface area contributed by atoms with Crippen LogP contribution in [0.15, 0.2) is 28.7 Å². The molecule has 1 N–H and O–H groups in total. The van der Waals surface area contributed by atoms with Crippen LogP contribution < -0.4 is 10.1 Å². The van der Waals surface area contributed by atoms with Gasteiger partial charge >= 0.3 is 6.36 Å². The summed E-state index contributed by atoms with van der Waals surface area (Å²) in [5.74, 6) is -0.0566. The third-order valence-electron chi connectivity index (χ3n) is 5.30. The Morgan fingerprint density at radius 3 is 2.50 bits per heavy atom. The third kappa shape index (κ3) is 5.94. The van der Waals surface area contributed by atoms with Gasteiger partial charge in [-0.15, -0.1) is 23.4 Å². The highest BCUT2D eigenvalue weighted by molar-refractivity contribution is 5.77. The van der Waals surface area contributed by atoms with E-state index >= 15 is 0 Å². The maximum Gasteiger partial charge on any atom is 0.522 e. The first-order valence-corrected chi connectivity index (χ1v) is 10.1. The molecule has 174 valence electrons. The number of carbonyl (C=O) groups excluding carboxylic acids is 1. The predicted molar refractivity (Wildman–Crippen MR) is 99.0 cm³/mol. The third-order valence-corrected chi connectivity index (χ3v) is 5.30. The maximum absolute atomic E-state index is 12.9. The van der Waals surface area contributed by atoms with Crippen LogP contribution in [0.25, 0.3) is 0 Å². The molecule has 2 heterocycles. The minimum Gasteiger partial charge on any atom is -0.484 e. The van der Waals surface area contributed by atoms with Gasteiger partial charge in [0.15, 0.2) is 6.61 Å². The Labute approximate surface area is 180 Å². The molecule has 2 aromatic rings. The molecule has 8 nitrogen and oxygen atoms in total. The zero-order valence-corrected chi connectivity index (χ0v) is 16.8. The normalized spacial score (nSPS) is 25.8. The number of hydrogen-bond acceptors (Lipinski definition) is 7. The van der Waals surface area contributed by atoms with Crippen molar-refractivity contribution in [3.05, 3.63) is 41.9 Å². The summed E-state index contributed by atoms with van der Waals surface area (Å²) in [6.45, 7) is 0.0224.